The van der Waals surface area contributed by atoms with Crippen LogP contribution < -0.4 is 4.90 Å². The molecule has 3 aromatic rings. The van der Waals surface area contributed by atoms with E-state index in [0.29, 0.717) is 22.0 Å². The molecule has 0 radical (unpaired) electrons. The van der Waals surface area contributed by atoms with Crippen LogP contribution in [-0.2, 0) is 11.3 Å². The van der Waals surface area contributed by atoms with Crippen LogP contribution in [0.25, 0.3) is 10.8 Å². The number of aromatic hydroxyl groups is 1. The maximum absolute atomic E-state index is 10.7. The fraction of sp³-hybridized carbons (Fsp3) is 0.364. The zero-order valence-corrected chi connectivity index (χ0v) is 18.0. The van der Waals surface area contributed by atoms with Crippen molar-refractivity contribution >= 4 is 39.7 Å². The van der Waals surface area contributed by atoms with E-state index < -0.39 is 0 Å². The lowest BCUT2D eigenvalue weighted by molar-refractivity contribution is 0.144. The maximum Gasteiger partial charge on any atom is 0.200 e. The molecule has 1 aromatic heterocycles. The summed E-state index contributed by atoms with van der Waals surface area (Å²) in [7, 11) is 1.74. The first kappa shape index (κ1) is 20.4. The van der Waals surface area contributed by atoms with Gasteiger partial charge in [0.2, 0.25) is 5.88 Å². The number of hydrogen-bond acceptors (Lipinski definition) is 4. The minimum atomic E-state index is 0.191. The number of ether oxygens (including phenoxy) is 1. The molecular formula is C22H25Cl2N3O2. The van der Waals surface area contributed by atoms with Gasteiger partial charge in [0.25, 0.3) is 0 Å². The van der Waals surface area contributed by atoms with Crippen molar-refractivity contribution in [3.63, 3.8) is 0 Å². The predicted octanol–water partition coefficient (Wildman–Crippen LogP) is 4.47. The summed E-state index contributed by atoms with van der Waals surface area (Å²) >= 11 is 12.5. The number of benzene rings is 2. The van der Waals surface area contributed by atoms with Gasteiger partial charge < -0.3 is 19.3 Å². The number of methoxy groups -OCH3 is 1. The van der Waals surface area contributed by atoms with Gasteiger partial charge in [-0.1, -0.05) is 35.3 Å². The van der Waals surface area contributed by atoms with Crippen molar-refractivity contribution in [2.75, 3.05) is 51.3 Å². The van der Waals surface area contributed by atoms with Crippen LogP contribution in [0.2, 0.25) is 10.0 Å². The van der Waals surface area contributed by atoms with Gasteiger partial charge in [-0.2, -0.15) is 0 Å². The van der Waals surface area contributed by atoms with E-state index in [0.717, 1.165) is 56.0 Å². The van der Waals surface area contributed by atoms with Gasteiger partial charge in [-0.15, -0.1) is 0 Å². The molecule has 0 spiro atoms. The van der Waals surface area contributed by atoms with E-state index in [1.807, 2.05) is 41.1 Å². The Labute approximate surface area is 181 Å². The van der Waals surface area contributed by atoms with Crippen molar-refractivity contribution in [1.82, 2.24) is 9.47 Å². The molecule has 1 saturated heterocycles. The fourth-order valence-corrected chi connectivity index (χ4v) is 4.29. The van der Waals surface area contributed by atoms with Gasteiger partial charge in [0.1, 0.15) is 0 Å². The highest BCUT2D eigenvalue weighted by Gasteiger charge is 2.20. The van der Waals surface area contributed by atoms with E-state index in [4.69, 9.17) is 27.9 Å². The quantitative estimate of drug-likeness (QED) is 0.622. The van der Waals surface area contributed by atoms with Crippen molar-refractivity contribution in [2.24, 2.45) is 0 Å². The molecule has 1 aliphatic rings. The first-order valence-electron chi connectivity index (χ1n) is 9.77. The van der Waals surface area contributed by atoms with Crippen molar-refractivity contribution in [3.05, 3.63) is 58.2 Å². The van der Waals surface area contributed by atoms with Crippen LogP contribution in [0.5, 0.6) is 5.88 Å². The Hall–Kier alpha value is -1.92. The highest BCUT2D eigenvalue weighted by atomic mass is 35.5. The van der Waals surface area contributed by atoms with Gasteiger partial charge in [0.05, 0.1) is 23.6 Å². The molecule has 0 unspecified atom stereocenters. The van der Waals surface area contributed by atoms with Crippen molar-refractivity contribution in [1.29, 1.82) is 0 Å². The predicted molar refractivity (Wildman–Crippen MR) is 120 cm³/mol. The molecule has 0 bridgehead atoms. The Bertz CT molecular complexity index is 980. The zero-order chi connectivity index (χ0) is 20.4. The monoisotopic (exact) mass is 433 g/mol. The number of aromatic nitrogens is 1. The smallest absolute Gasteiger partial charge is 0.200 e. The van der Waals surface area contributed by atoms with Crippen molar-refractivity contribution in [3.8, 4) is 5.88 Å². The molecule has 2 aromatic carbocycles. The highest BCUT2D eigenvalue weighted by Crippen LogP contribution is 2.37. The van der Waals surface area contributed by atoms with E-state index in [2.05, 4.69) is 15.9 Å². The van der Waals surface area contributed by atoms with Gasteiger partial charge in [-0.25, -0.2) is 0 Å². The first-order chi connectivity index (χ1) is 14.0. The van der Waals surface area contributed by atoms with E-state index in [-0.39, 0.29) is 5.88 Å². The molecule has 2 heterocycles. The SMILES string of the molecule is COCCN1CCN(c2cc(Cl)c3c(O)n(Cc4ccc(Cl)cc4)cc3c2)CC1. The number of anilines is 1. The van der Waals surface area contributed by atoms with Crippen LogP contribution in [0.1, 0.15) is 5.56 Å². The molecule has 0 atom stereocenters. The molecule has 5 nitrogen and oxygen atoms in total. The summed E-state index contributed by atoms with van der Waals surface area (Å²) in [4.78, 5) is 4.76. The van der Waals surface area contributed by atoms with E-state index in [1.54, 1.807) is 7.11 Å². The van der Waals surface area contributed by atoms with Gasteiger partial charge >= 0.3 is 0 Å². The first-order valence-corrected chi connectivity index (χ1v) is 10.5. The lowest BCUT2D eigenvalue weighted by Gasteiger charge is -2.36. The molecule has 4 rings (SSSR count). The Balaban J connectivity index is 1.55. The Morgan fingerprint density at radius 3 is 2.45 bits per heavy atom. The molecule has 0 amide bonds. The zero-order valence-electron chi connectivity index (χ0n) is 16.4. The van der Waals surface area contributed by atoms with Crippen LogP contribution in [0.4, 0.5) is 5.69 Å². The van der Waals surface area contributed by atoms with Gasteiger partial charge in [0.15, 0.2) is 0 Å². The third kappa shape index (κ3) is 4.48. The summed E-state index contributed by atoms with van der Waals surface area (Å²) in [5.74, 6) is 0.191. The normalized spacial score (nSPS) is 15.3. The second kappa shape index (κ2) is 8.84. The number of fused-ring (bicyclic) bond motifs is 1. The molecular weight excluding hydrogens is 409 g/mol. The topological polar surface area (TPSA) is 40.9 Å². The summed E-state index contributed by atoms with van der Waals surface area (Å²) in [6, 6.07) is 11.7. The Kier molecular flexibility index (Phi) is 6.20. The maximum atomic E-state index is 10.7. The standard InChI is InChI=1S/C22H25Cl2N3O2/c1-29-11-10-25-6-8-26(9-7-25)19-12-17-15-27(22(28)21(17)20(24)13-19)14-16-2-4-18(23)5-3-16/h2-5,12-13,15,28H,6-11,14H2,1H3. The molecule has 0 aliphatic carbocycles. The van der Waals surface area contributed by atoms with Crippen LogP contribution in [0.3, 0.4) is 0 Å². The average Bonchev–Trinajstić information content (AvgIpc) is 3.04. The third-order valence-electron chi connectivity index (χ3n) is 5.51. The summed E-state index contributed by atoms with van der Waals surface area (Å²) < 4.78 is 7.00. The van der Waals surface area contributed by atoms with Crippen molar-refractivity contribution in [2.45, 2.75) is 6.54 Å². The number of piperazine rings is 1. The number of rotatable bonds is 6. The minimum Gasteiger partial charge on any atom is -0.494 e. The average molecular weight is 434 g/mol. The number of hydrogen-bond donors (Lipinski definition) is 1. The lowest BCUT2D eigenvalue weighted by Crippen LogP contribution is -2.47. The van der Waals surface area contributed by atoms with E-state index in [1.165, 1.54) is 0 Å². The van der Waals surface area contributed by atoms with E-state index in [9.17, 15) is 5.11 Å². The van der Waals surface area contributed by atoms with Gasteiger partial charge in [-0.3, -0.25) is 4.90 Å². The van der Waals surface area contributed by atoms with E-state index >= 15 is 0 Å². The largest absolute Gasteiger partial charge is 0.494 e. The van der Waals surface area contributed by atoms with Crippen molar-refractivity contribution < 1.29 is 9.84 Å². The number of halogens is 2. The second-order valence-corrected chi connectivity index (χ2v) is 8.26. The lowest BCUT2D eigenvalue weighted by atomic mass is 10.1. The summed E-state index contributed by atoms with van der Waals surface area (Å²) in [6.45, 7) is 6.18. The van der Waals surface area contributed by atoms with Gasteiger partial charge in [0, 0.05) is 62.1 Å². The third-order valence-corrected chi connectivity index (χ3v) is 6.06. The van der Waals surface area contributed by atoms with Crippen LogP contribution >= 0.6 is 23.2 Å². The summed E-state index contributed by atoms with van der Waals surface area (Å²) in [5, 5.41) is 13.6. The Morgan fingerprint density at radius 2 is 1.76 bits per heavy atom. The summed E-state index contributed by atoms with van der Waals surface area (Å²) in [6.07, 6.45) is 1.96. The molecule has 0 saturated carbocycles. The molecule has 1 aliphatic heterocycles. The molecule has 1 N–H and O–H groups in total. The van der Waals surface area contributed by atoms with Crippen LogP contribution in [0, 0.1) is 0 Å². The molecule has 29 heavy (non-hydrogen) atoms. The van der Waals surface area contributed by atoms with Crippen LogP contribution in [0.15, 0.2) is 42.6 Å². The highest BCUT2D eigenvalue weighted by molar-refractivity contribution is 6.36. The molecule has 154 valence electrons. The molecule has 7 heteroatoms. The number of nitrogens with zero attached hydrogens (tertiary/aromatic N) is 3. The minimum absolute atomic E-state index is 0.191. The fourth-order valence-electron chi connectivity index (χ4n) is 3.86. The molecule has 1 fully saturated rings. The second-order valence-electron chi connectivity index (χ2n) is 7.42. The Morgan fingerprint density at radius 1 is 1.03 bits per heavy atom. The van der Waals surface area contributed by atoms with Crippen LogP contribution in [-0.4, -0.2) is 61.0 Å². The summed E-state index contributed by atoms with van der Waals surface area (Å²) in [5.41, 5.74) is 2.16. The van der Waals surface area contributed by atoms with Gasteiger partial charge in [-0.05, 0) is 29.8 Å².